The van der Waals surface area contributed by atoms with Crippen LogP contribution < -0.4 is 10.9 Å². The molecule has 2 aromatic rings. The largest absolute Gasteiger partial charge is 0.462 e. The van der Waals surface area contributed by atoms with Crippen LogP contribution in [0.5, 0.6) is 0 Å². The highest BCUT2D eigenvalue weighted by molar-refractivity contribution is 7.98. The lowest BCUT2D eigenvalue weighted by atomic mass is 9.94. The molecule has 3 rings (SSSR count). The third kappa shape index (κ3) is 3.45. The van der Waals surface area contributed by atoms with Gasteiger partial charge < -0.3 is 15.0 Å². The van der Waals surface area contributed by atoms with Crippen molar-refractivity contribution in [2.24, 2.45) is 0 Å². The number of nitrogens with one attached hydrogen (secondary N) is 2. The van der Waals surface area contributed by atoms with Gasteiger partial charge in [-0.1, -0.05) is 0 Å². The molecular formula is C15H21ClN4O3S. The molecule has 1 aliphatic rings. The fourth-order valence-corrected chi connectivity index (χ4v) is 3.53. The number of ether oxygens (including phenoxy) is 1. The van der Waals surface area contributed by atoms with Gasteiger partial charge in [-0.2, -0.15) is 5.10 Å². The van der Waals surface area contributed by atoms with Gasteiger partial charge in [-0.05, 0) is 39.1 Å². The molecule has 0 saturated carbocycles. The van der Waals surface area contributed by atoms with Gasteiger partial charge in [-0.25, -0.2) is 9.31 Å². The van der Waals surface area contributed by atoms with Gasteiger partial charge in [0.05, 0.1) is 12.3 Å². The fourth-order valence-electron chi connectivity index (χ4n) is 2.99. The molecule has 2 aromatic heterocycles. The van der Waals surface area contributed by atoms with Crippen LogP contribution in [0.4, 0.5) is 0 Å². The Morgan fingerprint density at radius 2 is 2.17 bits per heavy atom. The Labute approximate surface area is 149 Å². The molecule has 1 fully saturated rings. The number of carbonyl (C=O) groups excluding carboxylic acids is 1. The van der Waals surface area contributed by atoms with Crippen LogP contribution in [0.15, 0.2) is 15.9 Å². The molecule has 0 spiro atoms. The van der Waals surface area contributed by atoms with Crippen LogP contribution in [0.3, 0.4) is 0 Å². The van der Waals surface area contributed by atoms with Crippen LogP contribution in [-0.4, -0.2) is 46.5 Å². The summed E-state index contributed by atoms with van der Waals surface area (Å²) in [5, 5.41) is 8.42. The number of piperidine rings is 1. The molecule has 0 aliphatic carbocycles. The van der Waals surface area contributed by atoms with E-state index in [1.807, 2.05) is 6.26 Å². The van der Waals surface area contributed by atoms with E-state index in [4.69, 9.17) is 4.74 Å². The van der Waals surface area contributed by atoms with Crippen LogP contribution in [0, 0.1) is 0 Å². The van der Waals surface area contributed by atoms with Crippen LogP contribution in [-0.2, 0) is 4.74 Å². The minimum absolute atomic E-state index is 0. The van der Waals surface area contributed by atoms with Crippen molar-refractivity contribution in [1.82, 2.24) is 19.9 Å². The molecule has 3 heterocycles. The molecule has 9 heteroatoms. The second kappa shape index (κ2) is 8.04. The fraction of sp³-hybridized carbons (Fsp3) is 0.533. The Balaban J connectivity index is 0.00000208. The Kier molecular flexibility index (Phi) is 6.31. The molecule has 0 atom stereocenters. The molecule has 0 amide bonds. The molecule has 132 valence electrons. The number of fused-ring (bicyclic) bond motifs is 1. The number of carbonyl (C=O) groups is 1. The van der Waals surface area contributed by atoms with Gasteiger partial charge >= 0.3 is 5.97 Å². The highest BCUT2D eigenvalue weighted by atomic mass is 35.5. The molecular weight excluding hydrogens is 352 g/mol. The molecule has 0 unspecified atom stereocenters. The van der Waals surface area contributed by atoms with Crippen molar-refractivity contribution >= 4 is 35.8 Å². The standard InChI is InChI=1S/C15H20N4O3S.ClH/c1-3-22-15(21)12-13-17-11(20)8-10(9-4-6-16-7-5-9)19(13)18-14(12)23-2;/h8-9,16H,3-7H2,1-2H3,(H,17,20);1H. The van der Waals surface area contributed by atoms with Crippen molar-refractivity contribution in [3.63, 3.8) is 0 Å². The summed E-state index contributed by atoms with van der Waals surface area (Å²) in [7, 11) is 0. The normalized spacial score (nSPS) is 15.2. The predicted octanol–water partition coefficient (Wildman–Crippen LogP) is 1.81. The van der Waals surface area contributed by atoms with Crippen molar-refractivity contribution in [3.8, 4) is 0 Å². The van der Waals surface area contributed by atoms with E-state index in [-0.39, 0.29) is 30.5 Å². The second-order valence-electron chi connectivity index (χ2n) is 5.45. The number of thioether (sulfide) groups is 1. The molecule has 0 bridgehead atoms. The minimum Gasteiger partial charge on any atom is -0.462 e. The highest BCUT2D eigenvalue weighted by Crippen LogP contribution is 2.28. The van der Waals surface area contributed by atoms with Gasteiger partial charge in [0.25, 0.3) is 5.56 Å². The van der Waals surface area contributed by atoms with Gasteiger partial charge in [0.2, 0.25) is 0 Å². The van der Waals surface area contributed by atoms with E-state index >= 15 is 0 Å². The monoisotopic (exact) mass is 372 g/mol. The van der Waals surface area contributed by atoms with Gasteiger partial charge in [0, 0.05) is 12.0 Å². The highest BCUT2D eigenvalue weighted by Gasteiger charge is 2.26. The van der Waals surface area contributed by atoms with E-state index in [0.29, 0.717) is 16.2 Å². The van der Waals surface area contributed by atoms with Crippen molar-refractivity contribution in [2.45, 2.75) is 30.7 Å². The number of nitrogens with zero attached hydrogens (tertiary/aromatic N) is 2. The average Bonchev–Trinajstić information content (AvgIpc) is 2.93. The van der Waals surface area contributed by atoms with Gasteiger partial charge in [0.1, 0.15) is 10.6 Å². The number of H-pyrrole nitrogens is 1. The summed E-state index contributed by atoms with van der Waals surface area (Å²) in [5.41, 5.74) is 1.40. The first kappa shape index (κ1) is 18.8. The van der Waals surface area contributed by atoms with Gasteiger partial charge in [-0.15, -0.1) is 24.2 Å². The van der Waals surface area contributed by atoms with E-state index in [1.54, 1.807) is 17.5 Å². The number of aromatic amines is 1. The van der Waals surface area contributed by atoms with Crippen LogP contribution >= 0.6 is 24.2 Å². The molecule has 7 nitrogen and oxygen atoms in total. The van der Waals surface area contributed by atoms with Crippen LogP contribution in [0.2, 0.25) is 0 Å². The van der Waals surface area contributed by atoms with E-state index in [1.165, 1.54) is 11.8 Å². The second-order valence-corrected chi connectivity index (χ2v) is 6.24. The lowest BCUT2D eigenvalue weighted by Gasteiger charge is -2.23. The first-order valence-corrected chi connectivity index (χ1v) is 8.96. The van der Waals surface area contributed by atoms with Crippen molar-refractivity contribution < 1.29 is 9.53 Å². The van der Waals surface area contributed by atoms with Crippen molar-refractivity contribution in [3.05, 3.63) is 27.7 Å². The summed E-state index contributed by atoms with van der Waals surface area (Å²) in [6, 6.07) is 1.59. The summed E-state index contributed by atoms with van der Waals surface area (Å²) < 4.78 is 6.83. The topological polar surface area (TPSA) is 88.5 Å². The van der Waals surface area contributed by atoms with E-state index in [0.717, 1.165) is 31.6 Å². The first-order chi connectivity index (χ1) is 11.2. The van der Waals surface area contributed by atoms with Crippen molar-refractivity contribution in [1.29, 1.82) is 0 Å². The number of hydrogen-bond donors (Lipinski definition) is 2. The maximum atomic E-state index is 12.3. The molecule has 2 N–H and O–H groups in total. The number of hydrogen-bond acceptors (Lipinski definition) is 6. The lowest BCUT2D eigenvalue weighted by Crippen LogP contribution is -2.28. The van der Waals surface area contributed by atoms with Gasteiger partial charge in [-0.3, -0.25) is 4.79 Å². The Morgan fingerprint density at radius 3 is 2.79 bits per heavy atom. The average molecular weight is 373 g/mol. The SMILES string of the molecule is CCOC(=O)c1c(SC)nn2c(C3CCNCC3)cc(=O)[nH]c12.Cl. The zero-order valence-electron chi connectivity index (χ0n) is 13.6. The maximum absolute atomic E-state index is 12.3. The van der Waals surface area contributed by atoms with E-state index < -0.39 is 5.97 Å². The van der Waals surface area contributed by atoms with E-state index in [2.05, 4.69) is 15.4 Å². The minimum atomic E-state index is -0.454. The smallest absolute Gasteiger partial charge is 0.344 e. The third-order valence-electron chi connectivity index (χ3n) is 4.05. The number of halogens is 1. The maximum Gasteiger partial charge on any atom is 0.344 e. The zero-order valence-corrected chi connectivity index (χ0v) is 15.3. The molecule has 1 saturated heterocycles. The van der Waals surface area contributed by atoms with Crippen LogP contribution in [0.1, 0.15) is 41.7 Å². The number of rotatable bonds is 4. The first-order valence-electron chi connectivity index (χ1n) is 7.73. The summed E-state index contributed by atoms with van der Waals surface area (Å²) in [6.07, 6.45) is 3.75. The molecule has 24 heavy (non-hydrogen) atoms. The molecule has 0 radical (unpaired) electrons. The number of esters is 1. The van der Waals surface area contributed by atoms with Crippen LogP contribution in [0.25, 0.3) is 5.65 Å². The summed E-state index contributed by atoms with van der Waals surface area (Å²) in [6.45, 7) is 3.87. The summed E-state index contributed by atoms with van der Waals surface area (Å²) in [5.74, 6) is -0.198. The quantitative estimate of drug-likeness (QED) is 0.628. The van der Waals surface area contributed by atoms with E-state index in [9.17, 15) is 9.59 Å². The molecule has 1 aliphatic heterocycles. The zero-order chi connectivity index (χ0) is 16.4. The Bertz CT molecular complexity index is 783. The third-order valence-corrected chi connectivity index (χ3v) is 4.72. The van der Waals surface area contributed by atoms with Gasteiger partial charge in [0.15, 0.2) is 5.65 Å². The van der Waals surface area contributed by atoms with Crippen molar-refractivity contribution in [2.75, 3.05) is 26.0 Å². The Hall–Kier alpha value is -1.51. The summed E-state index contributed by atoms with van der Waals surface area (Å²) in [4.78, 5) is 27.1. The summed E-state index contributed by atoms with van der Waals surface area (Å²) >= 11 is 1.37. The molecule has 0 aromatic carbocycles. The predicted molar refractivity (Wildman–Crippen MR) is 95.6 cm³/mol. The Morgan fingerprint density at radius 1 is 1.46 bits per heavy atom. The number of aromatic nitrogens is 3. The lowest BCUT2D eigenvalue weighted by molar-refractivity contribution is 0.0524.